The summed E-state index contributed by atoms with van der Waals surface area (Å²) in [7, 11) is 30.4. The third kappa shape index (κ3) is 8.15. The van der Waals surface area contributed by atoms with E-state index in [1.807, 2.05) is 42.5 Å². The first kappa shape index (κ1) is 38.8. The van der Waals surface area contributed by atoms with E-state index < -0.39 is 19.2 Å². The van der Waals surface area contributed by atoms with Crippen LogP contribution in [-0.4, -0.2) is 104 Å². The van der Waals surface area contributed by atoms with Crippen LogP contribution in [0.25, 0.3) is 68.6 Å². The van der Waals surface area contributed by atoms with Gasteiger partial charge in [0.1, 0.15) is 11.5 Å². The standard InChI is InChI=1S/C39H30B10Br2N4O2/c40-46(41)48(44)49(47(42)43)45-19-25(45)21-57-27-6-2-4-24(18-27)37-30-11-15-34(54-30)38(50)32-13-9-28(52-32)36(23-3-1-5-26(17-23)56-20-22-7-8-22)29-10-14-33(53-29)39(51)35-16-12-31(37)55-35/h1-6,9-18,22,25,52,55H,7-8,19-21H2. The summed E-state index contributed by atoms with van der Waals surface area (Å²) < 4.78 is 14.3. The van der Waals surface area contributed by atoms with Crippen molar-refractivity contribution >= 4 is 149 Å². The highest BCUT2D eigenvalue weighted by Crippen LogP contribution is 2.41. The maximum atomic E-state index is 6.39. The van der Waals surface area contributed by atoms with Crippen LogP contribution in [-0.2, 0) is 0 Å². The van der Waals surface area contributed by atoms with Crippen molar-refractivity contribution in [3.8, 4) is 33.8 Å². The lowest BCUT2D eigenvalue weighted by atomic mass is 8.57. The lowest BCUT2D eigenvalue weighted by Gasteiger charge is -2.25. The summed E-state index contributed by atoms with van der Waals surface area (Å²) in [6.45, 7) is 1.44. The third-order valence-corrected chi connectivity index (χ3v) is 13.0. The van der Waals surface area contributed by atoms with Crippen molar-refractivity contribution in [2.45, 2.75) is 25.0 Å². The summed E-state index contributed by atoms with van der Waals surface area (Å²) in [6.07, 6.45) is 9.58. The van der Waals surface area contributed by atoms with E-state index in [2.05, 4.69) is 96.4 Å². The predicted molar refractivity (Wildman–Crippen MR) is 255 cm³/mol. The van der Waals surface area contributed by atoms with Gasteiger partial charge in [-0.2, -0.15) is 0 Å². The topological polar surface area (TPSA) is 75.8 Å². The van der Waals surface area contributed by atoms with E-state index in [0.717, 1.165) is 100 Å². The Hall–Kier alpha value is -3.75. The largest absolute Gasteiger partial charge is 0.494 e. The Balaban J connectivity index is 1.12. The fraction of sp³-hybridized carbons (Fsp3) is 0.179. The summed E-state index contributed by atoms with van der Waals surface area (Å²) in [5, 5.41) is 0. The third-order valence-electron chi connectivity index (χ3n) is 11.3. The molecule has 0 amide bonds. The number of fused-ring (bicyclic) bond motifs is 8. The summed E-state index contributed by atoms with van der Waals surface area (Å²) in [6, 6.07) is 24.7. The van der Waals surface area contributed by atoms with Crippen LogP contribution in [0.15, 0.2) is 81.7 Å². The Morgan fingerprint density at radius 1 is 0.632 bits per heavy atom. The van der Waals surface area contributed by atoms with Crippen LogP contribution in [0.5, 0.6) is 11.5 Å². The number of aromatic nitrogens is 4. The Morgan fingerprint density at radius 3 is 1.61 bits per heavy atom. The molecule has 0 spiro atoms. The molecule has 10 radical (unpaired) electrons. The van der Waals surface area contributed by atoms with Crippen molar-refractivity contribution in [2.75, 3.05) is 13.2 Å². The molecular formula is C39H30B10Br2N4O2. The molecule has 1 aliphatic carbocycles. The van der Waals surface area contributed by atoms with E-state index in [1.165, 1.54) is 12.8 Å². The van der Waals surface area contributed by atoms with E-state index in [0.29, 0.717) is 12.5 Å². The second-order valence-corrected chi connectivity index (χ2v) is 17.1. The van der Waals surface area contributed by atoms with Crippen molar-refractivity contribution in [3.05, 3.63) is 105 Å². The summed E-state index contributed by atoms with van der Waals surface area (Å²) in [5.74, 6) is 2.51. The van der Waals surface area contributed by atoms with Gasteiger partial charge >= 0.3 is 0 Å². The fourth-order valence-electron chi connectivity index (χ4n) is 7.95. The lowest BCUT2D eigenvalue weighted by Crippen LogP contribution is -2.63. The van der Waals surface area contributed by atoms with Crippen LogP contribution >= 0.6 is 31.9 Å². The molecule has 1 saturated carbocycles. The van der Waals surface area contributed by atoms with Crippen molar-refractivity contribution in [1.29, 1.82) is 0 Å². The number of nitrogens with one attached hydrogen (secondary N) is 2. The minimum absolute atomic E-state index is 0.188. The fourth-order valence-corrected chi connectivity index (χ4v) is 8.85. The van der Waals surface area contributed by atoms with Crippen LogP contribution in [0, 0.1) is 5.92 Å². The first-order valence-corrected chi connectivity index (χ1v) is 20.9. The SMILES string of the molecule is [B]B([B])B([B])B(B([B])[B])B1CC1COc1cccc(-c2c3nc(c(Br)c4ccc([nH]4)c(-c4cccc(OCC5CC5)c4)c4nc(c(Br)c5ccc2[nH]5)C=C4)C=C3)c1. The van der Waals surface area contributed by atoms with Gasteiger partial charge in [0.25, 0.3) is 0 Å². The zero-order valence-corrected chi connectivity index (χ0v) is 34.3. The Bertz CT molecular complexity index is 2600. The molecule has 1 atom stereocenters. The van der Waals surface area contributed by atoms with Gasteiger partial charge in [0.15, 0.2) is 0 Å². The van der Waals surface area contributed by atoms with Crippen molar-refractivity contribution in [2.24, 2.45) is 5.92 Å². The van der Waals surface area contributed by atoms with E-state index in [9.17, 15) is 0 Å². The maximum absolute atomic E-state index is 6.39. The second-order valence-electron chi connectivity index (χ2n) is 15.5. The van der Waals surface area contributed by atoms with E-state index >= 15 is 0 Å². The number of hydrogen-bond acceptors (Lipinski definition) is 4. The molecule has 8 bridgehead atoms. The van der Waals surface area contributed by atoms with Gasteiger partial charge in [0, 0.05) is 86.4 Å². The molecule has 6 nitrogen and oxygen atoms in total. The average molecular weight is 855 g/mol. The van der Waals surface area contributed by atoms with Gasteiger partial charge in [-0.1, -0.05) is 30.6 Å². The molecule has 3 aromatic heterocycles. The van der Waals surface area contributed by atoms with E-state index in [4.69, 9.17) is 58.1 Å². The molecule has 9 rings (SSSR count). The van der Waals surface area contributed by atoms with Gasteiger partial charge in [0.05, 0.1) is 62.6 Å². The average Bonchev–Trinajstić information content (AvgIpc) is 3.79. The van der Waals surface area contributed by atoms with Crippen LogP contribution in [0.1, 0.15) is 35.6 Å². The van der Waals surface area contributed by atoms with Crippen LogP contribution in [0.2, 0.25) is 12.1 Å². The minimum Gasteiger partial charge on any atom is -0.494 e. The Kier molecular flexibility index (Phi) is 11.0. The van der Waals surface area contributed by atoms with Gasteiger partial charge in [0.2, 0.25) is 0 Å². The molecule has 1 unspecified atom stereocenters. The highest BCUT2D eigenvalue weighted by Gasteiger charge is 2.50. The van der Waals surface area contributed by atoms with Crippen molar-refractivity contribution < 1.29 is 9.47 Å². The number of H-pyrrole nitrogens is 2. The zero-order valence-electron chi connectivity index (χ0n) is 31.2. The molecule has 1 saturated heterocycles. The highest BCUT2D eigenvalue weighted by atomic mass is 79.9. The molecule has 6 heterocycles. The molecule has 57 heavy (non-hydrogen) atoms. The van der Waals surface area contributed by atoms with E-state index in [-0.39, 0.29) is 18.8 Å². The van der Waals surface area contributed by atoms with Gasteiger partial charge in [-0.15, -0.1) is 0 Å². The molecule has 18 heteroatoms. The summed E-state index contributed by atoms with van der Waals surface area (Å²) in [5.41, 5.74) is 10.7. The minimum atomic E-state index is -0.695. The number of benzene rings is 2. The number of ether oxygens (including phenoxy) is 2. The van der Waals surface area contributed by atoms with Gasteiger partial charge in [-0.05, 0) is 140 Å². The van der Waals surface area contributed by atoms with Crippen LogP contribution in [0.4, 0.5) is 0 Å². The highest BCUT2D eigenvalue weighted by molar-refractivity contribution is 9.11. The number of nitrogens with zero attached hydrogens (tertiary/aromatic N) is 2. The Morgan fingerprint density at radius 2 is 1.12 bits per heavy atom. The molecule has 5 aromatic rings. The second kappa shape index (κ2) is 16.1. The van der Waals surface area contributed by atoms with Crippen molar-refractivity contribution in [3.63, 3.8) is 0 Å². The van der Waals surface area contributed by atoms with Gasteiger partial charge in [-0.25, -0.2) is 9.97 Å². The molecule has 262 valence electrons. The molecule has 2 N–H and O–H groups in total. The van der Waals surface area contributed by atoms with Crippen LogP contribution in [0.3, 0.4) is 0 Å². The molecule has 3 aliphatic heterocycles. The number of halogens is 2. The molecule has 2 fully saturated rings. The monoisotopic (exact) mass is 854 g/mol. The first-order chi connectivity index (χ1) is 27.6. The molecule has 2 aromatic carbocycles. The quantitative estimate of drug-likeness (QED) is 0.128. The summed E-state index contributed by atoms with van der Waals surface area (Å²) in [4.78, 5) is 17.7. The van der Waals surface area contributed by atoms with Crippen molar-refractivity contribution in [1.82, 2.24) is 19.9 Å². The van der Waals surface area contributed by atoms with E-state index in [1.54, 1.807) is 0 Å². The van der Waals surface area contributed by atoms with Gasteiger partial charge in [-0.3, -0.25) is 0 Å². The molecular weight excluding hydrogens is 824 g/mol. The number of rotatable bonds is 12. The van der Waals surface area contributed by atoms with Crippen LogP contribution < -0.4 is 9.47 Å². The predicted octanol–water partition coefficient (Wildman–Crippen LogP) is 7.18. The normalized spacial score (nSPS) is 15.4. The number of hydrogen-bond donors (Lipinski definition) is 2. The first-order valence-electron chi connectivity index (χ1n) is 19.3. The zero-order chi connectivity index (χ0) is 39.4. The summed E-state index contributed by atoms with van der Waals surface area (Å²) >= 11 is 7.79. The smallest absolute Gasteiger partial charge is 0.119 e. The van der Waals surface area contributed by atoms with Gasteiger partial charge < -0.3 is 19.4 Å². The molecule has 4 aliphatic rings. The number of aromatic amines is 2. The lowest BCUT2D eigenvalue weighted by molar-refractivity contribution is 0.300. The maximum Gasteiger partial charge on any atom is 0.119 e. The Labute approximate surface area is 358 Å².